The van der Waals surface area contributed by atoms with Gasteiger partial charge in [-0.3, -0.25) is 4.79 Å². The minimum atomic E-state index is -1.81. The second-order valence-corrected chi connectivity index (χ2v) is 5.57. The van der Waals surface area contributed by atoms with Crippen molar-refractivity contribution in [2.45, 2.75) is 25.0 Å². The van der Waals surface area contributed by atoms with Gasteiger partial charge in [-0.25, -0.2) is 4.79 Å². The van der Waals surface area contributed by atoms with Gasteiger partial charge in [0, 0.05) is 0 Å². The normalized spacial score (nSPS) is 29.3. The van der Waals surface area contributed by atoms with E-state index in [1.807, 2.05) is 0 Å². The Labute approximate surface area is 127 Å². The average Bonchev–Trinajstić information content (AvgIpc) is 2.47. The molecule has 1 aromatic carbocycles. The number of aromatic hydroxyl groups is 1. The number of benzene rings is 1. The Hall–Kier alpha value is -2.34. The van der Waals surface area contributed by atoms with Gasteiger partial charge in [0.05, 0.1) is 13.0 Å². The van der Waals surface area contributed by atoms with Crippen LogP contribution in [-0.4, -0.2) is 40.8 Å². The summed E-state index contributed by atoms with van der Waals surface area (Å²) >= 11 is 0. The molecule has 0 fully saturated rings. The summed E-state index contributed by atoms with van der Waals surface area (Å²) in [6.45, 7) is 1.72. The number of phenolic OH excluding ortho intramolecular Hbond substituents is 1. The van der Waals surface area contributed by atoms with Gasteiger partial charge in [0.1, 0.15) is 23.2 Å². The Morgan fingerprint density at radius 3 is 2.86 bits per heavy atom. The number of ketones is 1. The summed E-state index contributed by atoms with van der Waals surface area (Å²) in [4.78, 5) is 25.1. The zero-order valence-electron chi connectivity index (χ0n) is 12.2. The summed E-state index contributed by atoms with van der Waals surface area (Å²) in [5, 5.41) is 20.4. The van der Waals surface area contributed by atoms with E-state index < -0.39 is 29.4 Å². The number of aliphatic hydroxyl groups excluding tert-OH is 1. The van der Waals surface area contributed by atoms with Crippen LogP contribution in [0.2, 0.25) is 0 Å². The molecule has 0 aromatic heterocycles. The molecular weight excluding hydrogens is 288 g/mol. The molecule has 3 rings (SSSR count). The van der Waals surface area contributed by atoms with Crippen molar-refractivity contribution in [3.8, 4) is 11.5 Å². The summed E-state index contributed by atoms with van der Waals surface area (Å²) < 4.78 is 10.5. The maximum Gasteiger partial charge on any atom is 0.354 e. The third-order valence-electron chi connectivity index (χ3n) is 4.22. The summed E-state index contributed by atoms with van der Waals surface area (Å²) in [6.07, 6.45) is 1.95. The molecule has 3 atom stereocenters. The number of aryl methyl sites for hydroxylation is 1. The highest BCUT2D eigenvalue weighted by atomic mass is 16.6. The lowest BCUT2D eigenvalue weighted by Gasteiger charge is -2.44. The summed E-state index contributed by atoms with van der Waals surface area (Å²) in [5.41, 5.74) is -1.10. The number of allylic oxidation sites excluding steroid dienone is 1. The van der Waals surface area contributed by atoms with Crippen LogP contribution in [0.15, 0.2) is 24.3 Å². The number of hydrogen-bond acceptors (Lipinski definition) is 6. The molecule has 0 unspecified atom stereocenters. The minimum absolute atomic E-state index is 0.0395. The molecule has 0 saturated heterocycles. The number of fused-ring (bicyclic) bond motifs is 2. The highest BCUT2D eigenvalue weighted by molar-refractivity contribution is 6.08. The number of rotatable bonds is 1. The number of carbonyl (C=O) groups is 2. The van der Waals surface area contributed by atoms with Crippen molar-refractivity contribution in [2.75, 3.05) is 7.11 Å². The minimum Gasteiger partial charge on any atom is -0.507 e. The van der Waals surface area contributed by atoms with Gasteiger partial charge in [0.25, 0.3) is 0 Å². The monoisotopic (exact) mass is 304 g/mol. The van der Waals surface area contributed by atoms with Gasteiger partial charge in [0.2, 0.25) is 5.60 Å². The summed E-state index contributed by atoms with van der Waals surface area (Å²) in [7, 11) is 1.18. The highest BCUT2D eigenvalue weighted by Gasteiger charge is 2.61. The van der Waals surface area contributed by atoms with Crippen LogP contribution >= 0.6 is 0 Å². The lowest BCUT2D eigenvalue weighted by Crippen LogP contribution is -2.64. The number of Topliss-reactive ketones (excluding diaryl/α,β-unsaturated/α-hetero) is 1. The van der Waals surface area contributed by atoms with Gasteiger partial charge < -0.3 is 19.7 Å². The van der Waals surface area contributed by atoms with Gasteiger partial charge in [-0.2, -0.15) is 0 Å². The van der Waals surface area contributed by atoms with Crippen LogP contribution in [0.3, 0.4) is 0 Å². The van der Waals surface area contributed by atoms with E-state index in [-0.39, 0.29) is 23.5 Å². The highest BCUT2D eigenvalue weighted by Crippen LogP contribution is 2.46. The Kier molecular flexibility index (Phi) is 3.21. The number of ether oxygens (including phenoxy) is 2. The van der Waals surface area contributed by atoms with E-state index in [1.54, 1.807) is 19.1 Å². The molecule has 22 heavy (non-hydrogen) atoms. The molecule has 116 valence electrons. The largest absolute Gasteiger partial charge is 0.507 e. The molecule has 2 N–H and O–H groups in total. The van der Waals surface area contributed by atoms with Crippen LogP contribution in [0.25, 0.3) is 0 Å². The molecule has 0 saturated carbocycles. The van der Waals surface area contributed by atoms with E-state index in [4.69, 9.17) is 9.47 Å². The van der Waals surface area contributed by atoms with E-state index in [1.165, 1.54) is 19.3 Å². The second-order valence-electron chi connectivity index (χ2n) is 5.57. The van der Waals surface area contributed by atoms with Gasteiger partial charge >= 0.3 is 5.97 Å². The molecule has 1 aromatic rings. The fourth-order valence-electron chi connectivity index (χ4n) is 3.18. The molecule has 6 heteroatoms. The quantitative estimate of drug-likeness (QED) is 0.596. The first kappa shape index (κ1) is 14.6. The lowest BCUT2D eigenvalue weighted by atomic mass is 9.71. The van der Waals surface area contributed by atoms with Crippen LogP contribution in [0, 0.1) is 12.8 Å². The number of aliphatic hydroxyl groups is 1. The van der Waals surface area contributed by atoms with E-state index >= 15 is 0 Å². The molecule has 6 nitrogen and oxygen atoms in total. The number of hydrogen-bond donors (Lipinski definition) is 2. The van der Waals surface area contributed by atoms with Crippen molar-refractivity contribution in [1.82, 2.24) is 0 Å². The molecule has 1 heterocycles. The Morgan fingerprint density at radius 1 is 1.45 bits per heavy atom. The first-order valence-corrected chi connectivity index (χ1v) is 6.91. The standard InChI is InChI=1S/C16H16O6/c1-8-6-10(17)13-11(7-8)22-16(15(20)21-2)9(14(13)19)4-3-5-12(16)18/h3,5-7,9,12,17-18H,4H2,1-2H3/t9-,12-,16+/m0/s1. The summed E-state index contributed by atoms with van der Waals surface area (Å²) in [6, 6.07) is 3.01. The zero-order valence-corrected chi connectivity index (χ0v) is 12.2. The third kappa shape index (κ3) is 1.77. The first-order valence-electron chi connectivity index (χ1n) is 6.91. The number of methoxy groups -OCH3 is 1. The number of carbonyl (C=O) groups excluding carboxylic acids is 2. The first-order chi connectivity index (χ1) is 10.4. The van der Waals surface area contributed by atoms with Crippen LogP contribution in [0.4, 0.5) is 0 Å². The lowest BCUT2D eigenvalue weighted by molar-refractivity contribution is -0.174. The van der Waals surface area contributed by atoms with Gasteiger partial charge in [-0.05, 0) is 31.0 Å². The van der Waals surface area contributed by atoms with Gasteiger partial charge in [-0.15, -0.1) is 0 Å². The molecule has 1 aliphatic carbocycles. The van der Waals surface area contributed by atoms with Crippen LogP contribution < -0.4 is 4.74 Å². The van der Waals surface area contributed by atoms with Crippen molar-refractivity contribution < 1.29 is 29.3 Å². The number of phenols is 1. The Bertz CT molecular complexity index is 692. The van der Waals surface area contributed by atoms with E-state index in [2.05, 4.69) is 0 Å². The molecule has 0 spiro atoms. The second kappa shape index (κ2) is 4.84. The molecule has 0 bridgehead atoms. The molecule has 2 aliphatic rings. The Morgan fingerprint density at radius 2 is 2.18 bits per heavy atom. The fraction of sp³-hybridized carbons (Fsp3) is 0.375. The maximum atomic E-state index is 12.8. The van der Waals surface area contributed by atoms with Crippen molar-refractivity contribution in [3.05, 3.63) is 35.4 Å². The van der Waals surface area contributed by atoms with Crippen molar-refractivity contribution in [3.63, 3.8) is 0 Å². The molecular formula is C16H16O6. The number of esters is 1. The fourth-order valence-corrected chi connectivity index (χ4v) is 3.18. The molecule has 1 aliphatic heterocycles. The van der Waals surface area contributed by atoms with Gasteiger partial charge in [0.15, 0.2) is 5.78 Å². The third-order valence-corrected chi connectivity index (χ3v) is 4.22. The SMILES string of the molecule is COC(=O)[C@@]12Oc3cc(C)cc(O)c3C(=O)[C@@H]1CC=C[C@@H]2O. The van der Waals surface area contributed by atoms with Crippen LogP contribution in [0.5, 0.6) is 11.5 Å². The molecule has 0 radical (unpaired) electrons. The maximum absolute atomic E-state index is 12.8. The smallest absolute Gasteiger partial charge is 0.354 e. The molecule has 0 amide bonds. The van der Waals surface area contributed by atoms with E-state index in [0.717, 1.165) is 0 Å². The summed E-state index contributed by atoms with van der Waals surface area (Å²) in [5.74, 6) is -2.30. The topological polar surface area (TPSA) is 93.1 Å². The van der Waals surface area contributed by atoms with E-state index in [9.17, 15) is 19.8 Å². The van der Waals surface area contributed by atoms with E-state index in [0.29, 0.717) is 5.56 Å². The van der Waals surface area contributed by atoms with Gasteiger partial charge in [-0.1, -0.05) is 12.2 Å². The van der Waals surface area contributed by atoms with Crippen LogP contribution in [-0.2, 0) is 9.53 Å². The van der Waals surface area contributed by atoms with Crippen molar-refractivity contribution in [1.29, 1.82) is 0 Å². The van der Waals surface area contributed by atoms with Crippen LogP contribution in [0.1, 0.15) is 22.3 Å². The van der Waals surface area contributed by atoms with Crippen molar-refractivity contribution >= 4 is 11.8 Å². The zero-order chi connectivity index (χ0) is 16.1. The van der Waals surface area contributed by atoms with Crippen molar-refractivity contribution in [2.24, 2.45) is 5.92 Å². The predicted octanol–water partition coefficient (Wildman–Crippen LogP) is 1.12. The predicted molar refractivity (Wildman–Crippen MR) is 75.8 cm³/mol. The Balaban J connectivity index is 2.24. The average molecular weight is 304 g/mol.